The number of likely N-dealkylation sites (tertiary alicyclic amines) is 1. The van der Waals surface area contributed by atoms with Crippen molar-refractivity contribution in [2.75, 3.05) is 39.3 Å². The van der Waals surface area contributed by atoms with E-state index < -0.39 is 0 Å². The molecule has 0 radical (unpaired) electrons. The van der Waals surface area contributed by atoms with E-state index in [0.717, 1.165) is 38.8 Å². The Labute approximate surface area is 121 Å². The lowest BCUT2D eigenvalue weighted by atomic mass is 10.1. The van der Waals surface area contributed by atoms with Crippen molar-refractivity contribution in [3.8, 4) is 0 Å². The zero-order valence-corrected chi connectivity index (χ0v) is 12.6. The van der Waals surface area contributed by atoms with Crippen LogP contribution in [0.1, 0.15) is 45.4 Å². The molecule has 0 aromatic heterocycles. The minimum absolute atomic E-state index is 0.172. The Kier molecular flexibility index (Phi) is 5.68. The number of hydrogen-bond acceptors (Lipinski definition) is 2. The molecule has 3 amide bonds. The number of piperidine rings is 1. The fraction of sp³-hybridized carbons (Fsp3) is 0.867. The monoisotopic (exact) mass is 281 g/mol. The maximum atomic E-state index is 12.4. The lowest BCUT2D eigenvalue weighted by molar-refractivity contribution is -0.132. The predicted molar refractivity (Wildman–Crippen MR) is 78.5 cm³/mol. The molecule has 0 aromatic rings. The smallest absolute Gasteiger partial charge is 0.320 e. The zero-order chi connectivity index (χ0) is 14.4. The molecule has 2 rings (SSSR count). The molecule has 0 N–H and O–H groups in total. The highest BCUT2D eigenvalue weighted by molar-refractivity contribution is 5.77. The number of hydrogen-bond donors (Lipinski definition) is 0. The Morgan fingerprint density at radius 1 is 0.800 bits per heavy atom. The molecule has 0 aromatic carbocycles. The van der Waals surface area contributed by atoms with E-state index in [-0.39, 0.29) is 11.9 Å². The van der Waals surface area contributed by atoms with Crippen molar-refractivity contribution >= 4 is 11.9 Å². The summed E-state index contributed by atoms with van der Waals surface area (Å²) in [5.41, 5.74) is 0. The summed E-state index contributed by atoms with van der Waals surface area (Å²) in [5.74, 6) is 0.247. The molecule has 2 fully saturated rings. The van der Waals surface area contributed by atoms with Gasteiger partial charge in [-0.15, -0.1) is 0 Å². The van der Waals surface area contributed by atoms with E-state index in [4.69, 9.17) is 0 Å². The first kappa shape index (κ1) is 15.1. The van der Waals surface area contributed by atoms with E-state index in [9.17, 15) is 9.59 Å². The molecule has 5 heteroatoms. The number of urea groups is 1. The van der Waals surface area contributed by atoms with Gasteiger partial charge in [0.25, 0.3) is 0 Å². The molecule has 2 aliphatic rings. The van der Waals surface area contributed by atoms with Crippen LogP contribution >= 0.6 is 0 Å². The number of carbonyl (C=O) groups excluding carboxylic acids is 2. The Morgan fingerprint density at radius 2 is 1.35 bits per heavy atom. The molecule has 0 aliphatic carbocycles. The highest BCUT2D eigenvalue weighted by Crippen LogP contribution is 2.13. The highest BCUT2D eigenvalue weighted by Gasteiger charge is 2.27. The van der Waals surface area contributed by atoms with Crippen molar-refractivity contribution in [1.29, 1.82) is 0 Å². The van der Waals surface area contributed by atoms with Gasteiger partial charge in [0.2, 0.25) is 5.91 Å². The number of nitrogens with zero attached hydrogens (tertiary/aromatic N) is 3. The lowest BCUT2D eigenvalue weighted by Gasteiger charge is -2.38. The average molecular weight is 281 g/mol. The molecular formula is C15H27N3O2. The van der Waals surface area contributed by atoms with Crippen LogP contribution in [0.5, 0.6) is 0 Å². The van der Waals surface area contributed by atoms with Crippen LogP contribution in [0.25, 0.3) is 0 Å². The molecule has 2 heterocycles. The number of unbranched alkanes of at least 4 members (excludes halogenated alkanes) is 1. The van der Waals surface area contributed by atoms with Gasteiger partial charge in [-0.25, -0.2) is 4.79 Å². The average Bonchev–Trinajstić information content (AvgIpc) is 2.53. The summed E-state index contributed by atoms with van der Waals surface area (Å²) in [4.78, 5) is 30.1. The summed E-state index contributed by atoms with van der Waals surface area (Å²) in [6.07, 6.45) is 6.16. The second-order valence-corrected chi connectivity index (χ2v) is 5.80. The Morgan fingerprint density at radius 3 is 1.95 bits per heavy atom. The molecule has 114 valence electrons. The van der Waals surface area contributed by atoms with Gasteiger partial charge in [0, 0.05) is 45.7 Å². The molecule has 0 spiro atoms. The second-order valence-electron chi connectivity index (χ2n) is 5.80. The Hall–Kier alpha value is -1.26. The Bertz CT molecular complexity index is 332. The first-order chi connectivity index (χ1) is 9.72. The van der Waals surface area contributed by atoms with Crippen LogP contribution in [0.2, 0.25) is 0 Å². The van der Waals surface area contributed by atoms with Crippen LogP contribution in [0.4, 0.5) is 4.79 Å². The van der Waals surface area contributed by atoms with Gasteiger partial charge in [-0.2, -0.15) is 0 Å². The maximum Gasteiger partial charge on any atom is 0.320 e. The van der Waals surface area contributed by atoms with Gasteiger partial charge in [-0.05, 0) is 25.7 Å². The summed E-state index contributed by atoms with van der Waals surface area (Å²) in [6, 6.07) is 0.172. The van der Waals surface area contributed by atoms with Gasteiger partial charge in [0.05, 0.1) is 0 Å². The summed E-state index contributed by atoms with van der Waals surface area (Å²) < 4.78 is 0. The maximum absolute atomic E-state index is 12.4. The molecule has 0 atom stereocenters. The molecule has 0 saturated carbocycles. The highest BCUT2D eigenvalue weighted by atomic mass is 16.2. The van der Waals surface area contributed by atoms with Crippen LogP contribution < -0.4 is 0 Å². The van der Waals surface area contributed by atoms with Crippen molar-refractivity contribution in [2.24, 2.45) is 0 Å². The molecule has 2 aliphatic heterocycles. The minimum atomic E-state index is 0.172. The first-order valence-corrected chi connectivity index (χ1v) is 8.04. The number of rotatable bonds is 3. The topological polar surface area (TPSA) is 43.9 Å². The van der Waals surface area contributed by atoms with Crippen LogP contribution in [-0.2, 0) is 4.79 Å². The van der Waals surface area contributed by atoms with E-state index in [0.29, 0.717) is 32.6 Å². The summed E-state index contributed by atoms with van der Waals surface area (Å²) in [6.45, 7) is 6.66. The van der Waals surface area contributed by atoms with Crippen molar-refractivity contribution in [3.63, 3.8) is 0 Å². The molecule has 0 bridgehead atoms. The van der Waals surface area contributed by atoms with Crippen LogP contribution in [-0.4, -0.2) is 65.9 Å². The zero-order valence-electron chi connectivity index (χ0n) is 12.6. The molecule has 0 unspecified atom stereocenters. The molecular weight excluding hydrogens is 254 g/mol. The third kappa shape index (κ3) is 3.87. The van der Waals surface area contributed by atoms with Crippen LogP contribution in [0, 0.1) is 0 Å². The predicted octanol–water partition coefficient (Wildman–Crippen LogP) is 1.93. The van der Waals surface area contributed by atoms with Gasteiger partial charge in [-0.3, -0.25) is 4.79 Å². The number of piperazine rings is 1. The molecule has 2 saturated heterocycles. The number of carbonyl (C=O) groups is 2. The third-order valence-corrected chi connectivity index (χ3v) is 4.27. The summed E-state index contributed by atoms with van der Waals surface area (Å²) in [7, 11) is 0. The lowest BCUT2D eigenvalue weighted by Crippen LogP contribution is -2.54. The van der Waals surface area contributed by atoms with Gasteiger partial charge in [0.15, 0.2) is 0 Å². The fourth-order valence-electron chi connectivity index (χ4n) is 2.92. The van der Waals surface area contributed by atoms with Gasteiger partial charge in [0.1, 0.15) is 0 Å². The van der Waals surface area contributed by atoms with Crippen LogP contribution in [0.3, 0.4) is 0 Å². The van der Waals surface area contributed by atoms with E-state index in [1.54, 1.807) is 0 Å². The van der Waals surface area contributed by atoms with Gasteiger partial charge >= 0.3 is 6.03 Å². The van der Waals surface area contributed by atoms with E-state index in [1.165, 1.54) is 6.42 Å². The van der Waals surface area contributed by atoms with E-state index in [1.807, 2.05) is 14.7 Å². The molecule has 20 heavy (non-hydrogen) atoms. The number of amides is 3. The van der Waals surface area contributed by atoms with Crippen molar-refractivity contribution < 1.29 is 9.59 Å². The Balaban J connectivity index is 1.75. The summed E-state index contributed by atoms with van der Waals surface area (Å²) in [5, 5.41) is 0. The quantitative estimate of drug-likeness (QED) is 0.793. The van der Waals surface area contributed by atoms with E-state index >= 15 is 0 Å². The fourth-order valence-corrected chi connectivity index (χ4v) is 2.92. The SMILES string of the molecule is CCCCC(=O)N1CCN(C(=O)N2CCCCC2)CC1. The van der Waals surface area contributed by atoms with E-state index in [2.05, 4.69) is 6.92 Å². The van der Waals surface area contributed by atoms with Crippen molar-refractivity contribution in [1.82, 2.24) is 14.7 Å². The summed E-state index contributed by atoms with van der Waals surface area (Å²) >= 11 is 0. The molecule has 5 nitrogen and oxygen atoms in total. The first-order valence-electron chi connectivity index (χ1n) is 8.04. The minimum Gasteiger partial charge on any atom is -0.339 e. The van der Waals surface area contributed by atoms with Crippen molar-refractivity contribution in [2.45, 2.75) is 45.4 Å². The standard InChI is InChI=1S/C15H27N3O2/c1-2-3-7-14(19)16-10-12-18(13-11-16)15(20)17-8-5-4-6-9-17/h2-13H2,1H3. The normalized spacial score (nSPS) is 20.1. The third-order valence-electron chi connectivity index (χ3n) is 4.27. The van der Waals surface area contributed by atoms with Crippen molar-refractivity contribution in [3.05, 3.63) is 0 Å². The second kappa shape index (κ2) is 7.50. The van der Waals surface area contributed by atoms with Crippen LogP contribution in [0.15, 0.2) is 0 Å². The van der Waals surface area contributed by atoms with Gasteiger partial charge in [-0.1, -0.05) is 13.3 Å². The van der Waals surface area contributed by atoms with Gasteiger partial charge < -0.3 is 14.7 Å². The largest absolute Gasteiger partial charge is 0.339 e.